The molecule has 31 heavy (non-hydrogen) atoms. The van der Waals surface area contributed by atoms with Gasteiger partial charge in [-0.15, -0.1) is 0 Å². The largest absolute Gasteiger partial charge is 0.316 e. The van der Waals surface area contributed by atoms with Gasteiger partial charge in [-0.25, -0.2) is 0 Å². The summed E-state index contributed by atoms with van der Waals surface area (Å²) in [6, 6.07) is 4.52. The summed E-state index contributed by atoms with van der Waals surface area (Å²) in [6.07, 6.45) is 4.02. The van der Waals surface area contributed by atoms with Gasteiger partial charge < -0.3 is 5.32 Å². The van der Waals surface area contributed by atoms with Gasteiger partial charge in [0.05, 0.1) is 11.1 Å². The molecule has 4 amide bonds. The highest BCUT2D eigenvalue weighted by molar-refractivity contribution is 6.23. The van der Waals surface area contributed by atoms with Crippen LogP contribution < -0.4 is 10.6 Å². The summed E-state index contributed by atoms with van der Waals surface area (Å²) in [5.41, 5.74) is 1.71. The highest BCUT2D eigenvalue weighted by atomic mass is 16.2. The third kappa shape index (κ3) is 3.78. The molecule has 0 radical (unpaired) electrons. The molecule has 2 unspecified atom stereocenters. The molecule has 4 aliphatic rings. The molecule has 1 aromatic carbocycles. The first-order valence-electron chi connectivity index (χ1n) is 11.3. The van der Waals surface area contributed by atoms with Crippen molar-refractivity contribution in [2.45, 2.75) is 44.7 Å². The van der Waals surface area contributed by atoms with E-state index in [0.29, 0.717) is 17.0 Å². The molecule has 0 aliphatic carbocycles. The lowest BCUT2D eigenvalue weighted by Gasteiger charge is -2.36. The Morgan fingerprint density at radius 2 is 1.74 bits per heavy atom. The summed E-state index contributed by atoms with van der Waals surface area (Å²) in [5, 5.41) is 5.61. The quantitative estimate of drug-likeness (QED) is 0.697. The number of carbonyl (C=O) groups is 4. The number of nitrogens with one attached hydrogen (secondary N) is 2. The molecule has 5 rings (SSSR count). The van der Waals surface area contributed by atoms with Gasteiger partial charge in [-0.2, -0.15) is 0 Å². The number of piperidine rings is 1. The van der Waals surface area contributed by atoms with Gasteiger partial charge in [0.2, 0.25) is 11.8 Å². The first kappa shape index (κ1) is 20.3. The van der Waals surface area contributed by atoms with Crippen molar-refractivity contribution < 1.29 is 19.2 Å². The van der Waals surface area contributed by atoms with E-state index >= 15 is 0 Å². The van der Waals surface area contributed by atoms with Crippen LogP contribution in [0.5, 0.6) is 0 Å². The smallest absolute Gasteiger partial charge is 0.262 e. The second-order valence-corrected chi connectivity index (χ2v) is 9.24. The third-order valence-electron chi connectivity index (χ3n) is 7.18. The maximum absolute atomic E-state index is 13.0. The number of imide groups is 2. The van der Waals surface area contributed by atoms with Crippen molar-refractivity contribution in [3.8, 4) is 0 Å². The summed E-state index contributed by atoms with van der Waals surface area (Å²) in [7, 11) is 0. The molecule has 3 saturated heterocycles. The summed E-state index contributed by atoms with van der Waals surface area (Å²) >= 11 is 0. The van der Waals surface area contributed by atoms with Gasteiger partial charge in [0.15, 0.2) is 0 Å². The zero-order valence-corrected chi connectivity index (χ0v) is 17.6. The number of nitrogens with zero attached hydrogens (tertiary/aromatic N) is 2. The molecular formula is C23H28N4O4. The van der Waals surface area contributed by atoms with Crippen LogP contribution in [-0.2, 0) is 16.1 Å². The van der Waals surface area contributed by atoms with Crippen LogP contribution in [0.1, 0.15) is 58.4 Å². The van der Waals surface area contributed by atoms with E-state index < -0.39 is 23.8 Å². The fourth-order valence-electron chi connectivity index (χ4n) is 5.30. The number of likely N-dealkylation sites (tertiary alicyclic amines) is 1. The number of benzene rings is 1. The summed E-state index contributed by atoms with van der Waals surface area (Å²) in [6.45, 7) is 5.10. The van der Waals surface area contributed by atoms with Crippen LogP contribution >= 0.6 is 0 Å². The number of carbonyl (C=O) groups excluding carboxylic acids is 4. The standard InChI is InChI=1S/C23H28N4O4/c28-20-7-6-19(21(29)25-20)27-22(30)17-5-4-14(9-18(17)23(27)31)12-26-8-2-1-3-15(13-26)16-10-24-11-16/h4-5,9,15-16,19,24H,1-3,6-8,10-13H2,(H,25,28,29). The van der Waals surface area contributed by atoms with Gasteiger partial charge in [-0.05, 0) is 68.4 Å². The van der Waals surface area contributed by atoms with Crippen LogP contribution in [0.25, 0.3) is 0 Å². The van der Waals surface area contributed by atoms with Crippen molar-refractivity contribution in [2.75, 3.05) is 26.2 Å². The highest BCUT2D eigenvalue weighted by Gasteiger charge is 2.44. The van der Waals surface area contributed by atoms with E-state index in [1.807, 2.05) is 12.1 Å². The molecule has 2 atom stereocenters. The van der Waals surface area contributed by atoms with E-state index in [-0.39, 0.29) is 18.7 Å². The first-order valence-corrected chi connectivity index (χ1v) is 11.3. The lowest BCUT2D eigenvalue weighted by atomic mass is 9.84. The molecule has 1 aromatic rings. The molecule has 8 nitrogen and oxygen atoms in total. The van der Waals surface area contributed by atoms with Crippen molar-refractivity contribution in [1.29, 1.82) is 0 Å². The van der Waals surface area contributed by atoms with Crippen molar-refractivity contribution in [1.82, 2.24) is 20.4 Å². The van der Waals surface area contributed by atoms with E-state index in [4.69, 9.17) is 0 Å². The number of amides is 4. The average molecular weight is 425 g/mol. The SMILES string of the molecule is O=C1CCC(N2C(=O)c3ccc(CN4CCCCC(C5CNC5)C4)cc3C2=O)C(=O)N1. The Kier molecular flexibility index (Phi) is 5.35. The molecule has 0 aromatic heterocycles. The topological polar surface area (TPSA) is 98.8 Å². The molecule has 0 spiro atoms. The van der Waals surface area contributed by atoms with Crippen LogP contribution in [0.15, 0.2) is 18.2 Å². The predicted molar refractivity (Wildman–Crippen MR) is 112 cm³/mol. The minimum absolute atomic E-state index is 0.127. The van der Waals surface area contributed by atoms with Gasteiger partial charge in [-0.1, -0.05) is 12.5 Å². The van der Waals surface area contributed by atoms with E-state index in [1.54, 1.807) is 6.07 Å². The van der Waals surface area contributed by atoms with E-state index in [2.05, 4.69) is 15.5 Å². The Labute approximate surface area is 181 Å². The maximum Gasteiger partial charge on any atom is 0.262 e. The fourth-order valence-corrected chi connectivity index (χ4v) is 5.30. The Balaban J connectivity index is 1.32. The minimum Gasteiger partial charge on any atom is -0.316 e. The zero-order chi connectivity index (χ0) is 21.5. The fraction of sp³-hybridized carbons (Fsp3) is 0.565. The average Bonchev–Trinajstić information content (AvgIpc) is 2.84. The van der Waals surface area contributed by atoms with Crippen LogP contribution in [0, 0.1) is 11.8 Å². The van der Waals surface area contributed by atoms with E-state index in [1.165, 1.54) is 19.3 Å². The van der Waals surface area contributed by atoms with Crippen LogP contribution in [0.3, 0.4) is 0 Å². The van der Waals surface area contributed by atoms with Crippen LogP contribution in [-0.4, -0.2) is 65.6 Å². The lowest BCUT2D eigenvalue weighted by Crippen LogP contribution is -2.54. The van der Waals surface area contributed by atoms with Gasteiger partial charge in [0.1, 0.15) is 6.04 Å². The predicted octanol–water partition coefficient (Wildman–Crippen LogP) is 0.909. The number of hydrogen-bond donors (Lipinski definition) is 2. The Hall–Kier alpha value is -2.58. The Morgan fingerprint density at radius 1 is 0.935 bits per heavy atom. The van der Waals surface area contributed by atoms with Crippen LogP contribution in [0.2, 0.25) is 0 Å². The molecule has 0 bridgehead atoms. The second-order valence-electron chi connectivity index (χ2n) is 9.24. The number of fused-ring (bicyclic) bond motifs is 1. The van der Waals surface area contributed by atoms with E-state index in [0.717, 1.165) is 49.1 Å². The molecule has 2 N–H and O–H groups in total. The van der Waals surface area contributed by atoms with Crippen molar-refractivity contribution in [3.05, 3.63) is 34.9 Å². The third-order valence-corrected chi connectivity index (χ3v) is 7.18. The summed E-state index contributed by atoms with van der Waals surface area (Å²) < 4.78 is 0. The molecular weight excluding hydrogens is 396 g/mol. The molecule has 4 heterocycles. The van der Waals surface area contributed by atoms with Crippen molar-refractivity contribution in [3.63, 3.8) is 0 Å². The summed E-state index contributed by atoms with van der Waals surface area (Å²) in [5.74, 6) is -0.356. The van der Waals surface area contributed by atoms with E-state index in [9.17, 15) is 19.2 Å². The van der Waals surface area contributed by atoms with Gasteiger partial charge in [0.25, 0.3) is 11.8 Å². The molecule has 4 aliphatic heterocycles. The van der Waals surface area contributed by atoms with Gasteiger partial charge in [-0.3, -0.25) is 34.3 Å². The summed E-state index contributed by atoms with van der Waals surface area (Å²) in [4.78, 5) is 53.1. The molecule has 164 valence electrons. The zero-order valence-electron chi connectivity index (χ0n) is 17.6. The van der Waals surface area contributed by atoms with Crippen molar-refractivity contribution in [2.24, 2.45) is 11.8 Å². The molecule has 3 fully saturated rings. The molecule has 0 saturated carbocycles. The minimum atomic E-state index is -0.920. The highest BCUT2D eigenvalue weighted by Crippen LogP contribution is 2.30. The maximum atomic E-state index is 13.0. The lowest BCUT2D eigenvalue weighted by molar-refractivity contribution is -0.136. The number of hydrogen-bond acceptors (Lipinski definition) is 6. The van der Waals surface area contributed by atoms with Crippen molar-refractivity contribution >= 4 is 23.6 Å². The Morgan fingerprint density at radius 3 is 2.48 bits per heavy atom. The monoisotopic (exact) mass is 424 g/mol. The van der Waals surface area contributed by atoms with Gasteiger partial charge >= 0.3 is 0 Å². The van der Waals surface area contributed by atoms with Gasteiger partial charge in [0, 0.05) is 19.5 Å². The first-order chi connectivity index (χ1) is 15.0. The van der Waals surface area contributed by atoms with Crippen LogP contribution in [0.4, 0.5) is 0 Å². The number of rotatable bonds is 4. The molecule has 8 heteroatoms. The normalized spacial score (nSPS) is 27.7. The Bertz CT molecular complexity index is 942. The second kappa shape index (κ2) is 8.16.